The molecule has 0 aliphatic heterocycles. The fraction of sp³-hybridized carbons (Fsp3) is 0.545. The summed E-state index contributed by atoms with van der Waals surface area (Å²) in [5.41, 5.74) is 3.91. The Morgan fingerprint density at radius 3 is 3.29 bits per heavy atom. The molecule has 1 aromatic heterocycles. The predicted molar refractivity (Wildman–Crippen MR) is 55.1 cm³/mol. The Bertz CT molecular complexity index is 325. The molecule has 1 atom stereocenters. The normalized spacial score (nSPS) is 19.7. The van der Waals surface area contributed by atoms with Crippen LogP contribution in [0, 0.1) is 6.92 Å². The number of aromatic nitrogens is 1. The summed E-state index contributed by atoms with van der Waals surface area (Å²) in [6.07, 6.45) is 4.08. The summed E-state index contributed by atoms with van der Waals surface area (Å²) < 4.78 is 0. The molecule has 1 aromatic rings. The first kappa shape index (κ1) is 9.62. The van der Waals surface area contributed by atoms with Crippen molar-refractivity contribution in [2.45, 2.75) is 25.8 Å². The van der Waals surface area contributed by atoms with Crippen molar-refractivity contribution in [3.05, 3.63) is 29.1 Å². The summed E-state index contributed by atoms with van der Waals surface area (Å²) in [4.78, 5) is 4.41. The van der Waals surface area contributed by atoms with Gasteiger partial charge >= 0.3 is 0 Å². The van der Waals surface area contributed by atoms with Gasteiger partial charge < -0.3 is 10.4 Å². The second-order valence-corrected chi connectivity index (χ2v) is 3.76. The van der Waals surface area contributed by atoms with E-state index in [-0.39, 0.29) is 6.61 Å². The number of aryl methyl sites for hydroxylation is 1. The molecular formula is C11H16N2O. The SMILES string of the molecule is Cc1ccnc2c1CCC2NCCO. The lowest BCUT2D eigenvalue weighted by Crippen LogP contribution is -2.23. The number of pyridine rings is 1. The lowest BCUT2D eigenvalue weighted by Gasteiger charge is -2.11. The minimum atomic E-state index is 0.192. The van der Waals surface area contributed by atoms with Crippen LogP contribution in [0.5, 0.6) is 0 Å². The van der Waals surface area contributed by atoms with Crippen LogP contribution in [-0.4, -0.2) is 23.2 Å². The molecule has 2 N–H and O–H groups in total. The summed E-state index contributed by atoms with van der Waals surface area (Å²) in [5, 5.41) is 12.0. The van der Waals surface area contributed by atoms with Gasteiger partial charge in [-0.25, -0.2) is 0 Å². The van der Waals surface area contributed by atoms with Gasteiger partial charge in [-0.3, -0.25) is 4.98 Å². The van der Waals surface area contributed by atoms with Crippen LogP contribution in [0.25, 0.3) is 0 Å². The van der Waals surface area contributed by atoms with E-state index in [1.165, 1.54) is 16.8 Å². The van der Waals surface area contributed by atoms with Gasteiger partial charge in [-0.05, 0) is 37.0 Å². The maximum absolute atomic E-state index is 8.75. The van der Waals surface area contributed by atoms with Gasteiger partial charge in [0.25, 0.3) is 0 Å². The lowest BCUT2D eigenvalue weighted by atomic mass is 10.1. The van der Waals surface area contributed by atoms with Crippen LogP contribution in [0.1, 0.15) is 29.3 Å². The molecule has 1 unspecified atom stereocenters. The van der Waals surface area contributed by atoms with Gasteiger partial charge in [0, 0.05) is 12.7 Å². The molecule has 0 saturated heterocycles. The third-order valence-electron chi connectivity index (χ3n) is 2.84. The highest BCUT2D eigenvalue weighted by molar-refractivity contribution is 5.34. The van der Waals surface area contributed by atoms with Gasteiger partial charge in [0.15, 0.2) is 0 Å². The van der Waals surface area contributed by atoms with Gasteiger partial charge in [0.1, 0.15) is 0 Å². The first-order valence-electron chi connectivity index (χ1n) is 5.11. The number of nitrogens with one attached hydrogen (secondary N) is 1. The van der Waals surface area contributed by atoms with E-state index in [0.29, 0.717) is 12.6 Å². The zero-order chi connectivity index (χ0) is 9.97. The van der Waals surface area contributed by atoms with E-state index in [9.17, 15) is 0 Å². The van der Waals surface area contributed by atoms with E-state index in [2.05, 4.69) is 23.3 Å². The zero-order valence-corrected chi connectivity index (χ0v) is 8.45. The highest BCUT2D eigenvalue weighted by Gasteiger charge is 2.23. The van der Waals surface area contributed by atoms with Crippen molar-refractivity contribution in [1.82, 2.24) is 10.3 Å². The zero-order valence-electron chi connectivity index (χ0n) is 8.45. The molecule has 14 heavy (non-hydrogen) atoms. The maximum Gasteiger partial charge on any atom is 0.0607 e. The smallest absolute Gasteiger partial charge is 0.0607 e. The van der Waals surface area contributed by atoms with Gasteiger partial charge in [0.05, 0.1) is 18.3 Å². The maximum atomic E-state index is 8.75. The molecule has 1 aliphatic rings. The van der Waals surface area contributed by atoms with E-state index in [0.717, 1.165) is 12.8 Å². The fourth-order valence-corrected chi connectivity index (χ4v) is 2.10. The summed E-state index contributed by atoms with van der Waals surface area (Å²) in [6, 6.07) is 2.41. The molecule has 0 fully saturated rings. The van der Waals surface area contributed by atoms with Gasteiger partial charge in [0.2, 0.25) is 0 Å². The van der Waals surface area contributed by atoms with E-state index in [1.54, 1.807) is 0 Å². The Morgan fingerprint density at radius 1 is 1.64 bits per heavy atom. The number of aliphatic hydroxyl groups excluding tert-OH is 1. The molecule has 0 amide bonds. The van der Waals surface area contributed by atoms with Gasteiger partial charge in [-0.15, -0.1) is 0 Å². The fourth-order valence-electron chi connectivity index (χ4n) is 2.10. The monoisotopic (exact) mass is 192 g/mol. The molecule has 2 rings (SSSR count). The number of rotatable bonds is 3. The van der Waals surface area contributed by atoms with Crippen molar-refractivity contribution in [2.75, 3.05) is 13.2 Å². The average molecular weight is 192 g/mol. The quantitative estimate of drug-likeness (QED) is 0.749. The van der Waals surface area contributed by atoms with Crippen molar-refractivity contribution >= 4 is 0 Å². The minimum Gasteiger partial charge on any atom is -0.395 e. The van der Waals surface area contributed by atoms with Crippen molar-refractivity contribution in [2.24, 2.45) is 0 Å². The van der Waals surface area contributed by atoms with Crippen LogP contribution in [-0.2, 0) is 6.42 Å². The van der Waals surface area contributed by atoms with Crippen LogP contribution < -0.4 is 5.32 Å². The van der Waals surface area contributed by atoms with Crippen LogP contribution in [0.3, 0.4) is 0 Å². The third kappa shape index (κ3) is 1.65. The number of aliphatic hydroxyl groups is 1. The Labute approximate surface area is 84.2 Å². The Balaban J connectivity index is 2.18. The van der Waals surface area contributed by atoms with E-state index < -0.39 is 0 Å². The molecular weight excluding hydrogens is 176 g/mol. The number of hydrogen-bond donors (Lipinski definition) is 2. The molecule has 0 bridgehead atoms. The third-order valence-corrected chi connectivity index (χ3v) is 2.84. The number of nitrogens with zero attached hydrogens (tertiary/aromatic N) is 1. The van der Waals surface area contributed by atoms with Crippen LogP contribution >= 0.6 is 0 Å². The van der Waals surface area contributed by atoms with Crippen molar-refractivity contribution in [1.29, 1.82) is 0 Å². The minimum absolute atomic E-state index is 0.192. The first-order valence-corrected chi connectivity index (χ1v) is 5.11. The summed E-state index contributed by atoms with van der Waals surface area (Å²) in [5.74, 6) is 0. The number of hydrogen-bond acceptors (Lipinski definition) is 3. The molecule has 0 radical (unpaired) electrons. The highest BCUT2D eigenvalue weighted by atomic mass is 16.3. The van der Waals surface area contributed by atoms with E-state index >= 15 is 0 Å². The van der Waals surface area contributed by atoms with Crippen LogP contribution in [0.15, 0.2) is 12.3 Å². The molecule has 1 heterocycles. The van der Waals surface area contributed by atoms with Crippen molar-refractivity contribution in [3.63, 3.8) is 0 Å². The van der Waals surface area contributed by atoms with Gasteiger partial charge in [-0.2, -0.15) is 0 Å². The largest absolute Gasteiger partial charge is 0.395 e. The number of fused-ring (bicyclic) bond motifs is 1. The van der Waals surface area contributed by atoms with Gasteiger partial charge in [-0.1, -0.05) is 0 Å². The van der Waals surface area contributed by atoms with E-state index in [4.69, 9.17) is 5.11 Å². The summed E-state index contributed by atoms with van der Waals surface area (Å²) >= 11 is 0. The summed E-state index contributed by atoms with van der Waals surface area (Å²) in [6.45, 7) is 2.98. The second-order valence-electron chi connectivity index (χ2n) is 3.76. The molecule has 3 heteroatoms. The molecule has 0 aromatic carbocycles. The van der Waals surface area contributed by atoms with E-state index in [1.807, 2.05) is 6.20 Å². The lowest BCUT2D eigenvalue weighted by molar-refractivity contribution is 0.283. The Morgan fingerprint density at radius 2 is 2.50 bits per heavy atom. The predicted octanol–water partition coefficient (Wildman–Crippen LogP) is 0.959. The molecule has 1 aliphatic carbocycles. The average Bonchev–Trinajstić information content (AvgIpc) is 2.60. The standard InChI is InChI=1S/C11H16N2O/c1-8-4-5-13-11-9(8)2-3-10(11)12-6-7-14/h4-5,10,12,14H,2-3,6-7H2,1H3. The first-order chi connectivity index (χ1) is 6.83. The topological polar surface area (TPSA) is 45.2 Å². The Hall–Kier alpha value is -0.930. The van der Waals surface area contributed by atoms with Crippen molar-refractivity contribution in [3.8, 4) is 0 Å². The van der Waals surface area contributed by atoms with Crippen LogP contribution in [0.4, 0.5) is 0 Å². The molecule has 76 valence electrons. The summed E-state index contributed by atoms with van der Waals surface area (Å²) in [7, 11) is 0. The molecule has 3 nitrogen and oxygen atoms in total. The highest BCUT2D eigenvalue weighted by Crippen LogP contribution is 2.30. The molecule has 0 saturated carbocycles. The second kappa shape index (κ2) is 4.07. The molecule has 0 spiro atoms. The van der Waals surface area contributed by atoms with Crippen molar-refractivity contribution < 1.29 is 5.11 Å². The van der Waals surface area contributed by atoms with Crippen LogP contribution in [0.2, 0.25) is 0 Å². The Kier molecular flexibility index (Phi) is 2.79.